The maximum atomic E-state index is 14.3. The van der Waals surface area contributed by atoms with E-state index in [4.69, 9.17) is 16.3 Å². The minimum Gasteiger partial charge on any atom is -0.444 e. The van der Waals surface area contributed by atoms with Crippen molar-refractivity contribution in [3.63, 3.8) is 0 Å². The van der Waals surface area contributed by atoms with Crippen molar-refractivity contribution in [1.29, 1.82) is 0 Å². The number of aliphatic hydroxyl groups is 1. The van der Waals surface area contributed by atoms with Crippen LogP contribution in [-0.4, -0.2) is 40.4 Å². The Morgan fingerprint density at radius 3 is 2.26 bits per heavy atom. The Labute approximate surface area is 210 Å². The highest BCUT2D eigenvalue weighted by molar-refractivity contribution is 6.30. The molecule has 0 aliphatic heterocycles. The van der Waals surface area contributed by atoms with E-state index >= 15 is 0 Å². The van der Waals surface area contributed by atoms with E-state index in [1.807, 2.05) is 20.8 Å². The zero-order valence-electron chi connectivity index (χ0n) is 20.8. The van der Waals surface area contributed by atoms with Gasteiger partial charge in [-0.25, -0.2) is 13.6 Å². The second kappa shape index (κ2) is 11.4. The number of aliphatic hydroxyl groups excluding tert-OH is 1. The molecule has 2 aromatic carbocycles. The molecule has 192 valence electrons. The van der Waals surface area contributed by atoms with Gasteiger partial charge in [0, 0.05) is 22.5 Å². The van der Waals surface area contributed by atoms with Gasteiger partial charge in [-0.3, -0.25) is 4.79 Å². The Bertz CT molecular complexity index is 1060. The van der Waals surface area contributed by atoms with Crippen molar-refractivity contribution in [3.05, 3.63) is 69.7 Å². The maximum Gasteiger partial charge on any atom is 0.407 e. The fraction of sp³-hybridized carbons (Fsp3) is 0.462. The molecule has 0 radical (unpaired) electrons. The predicted molar refractivity (Wildman–Crippen MR) is 132 cm³/mol. The molecule has 0 spiro atoms. The third kappa shape index (κ3) is 9.45. The fourth-order valence-corrected chi connectivity index (χ4v) is 3.60. The Kier molecular flexibility index (Phi) is 9.25. The van der Waals surface area contributed by atoms with E-state index in [2.05, 4.69) is 10.6 Å². The van der Waals surface area contributed by atoms with Gasteiger partial charge in [-0.05, 0) is 95.5 Å². The van der Waals surface area contributed by atoms with Gasteiger partial charge in [0.2, 0.25) is 0 Å². The Balaban J connectivity index is 2.36. The topological polar surface area (TPSA) is 87.7 Å². The van der Waals surface area contributed by atoms with Crippen LogP contribution in [-0.2, 0) is 17.6 Å². The molecule has 0 bridgehead atoms. The molecular weight excluding hydrogens is 478 g/mol. The Morgan fingerprint density at radius 2 is 1.66 bits per heavy atom. The largest absolute Gasteiger partial charge is 0.444 e. The van der Waals surface area contributed by atoms with Crippen molar-refractivity contribution in [2.24, 2.45) is 0 Å². The number of carbonyl (C=O) groups excluding carboxylic acids is 2. The minimum atomic E-state index is -1.29. The lowest BCUT2D eigenvalue weighted by atomic mass is 9.93. The van der Waals surface area contributed by atoms with Gasteiger partial charge >= 0.3 is 6.09 Å². The molecule has 35 heavy (non-hydrogen) atoms. The molecule has 0 unspecified atom stereocenters. The normalized spacial score (nSPS) is 13.7. The first kappa shape index (κ1) is 28.5. The summed E-state index contributed by atoms with van der Waals surface area (Å²) in [5.74, 6) is -1.69. The molecule has 0 aliphatic rings. The molecular formula is C26H33ClF2N2O4. The molecule has 2 amide bonds. The molecule has 6 nitrogen and oxygen atoms in total. The van der Waals surface area contributed by atoms with Crippen LogP contribution in [0.4, 0.5) is 13.6 Å². The van der Waals surface area contributed by atoms with Gasteiger partial charge in [0.25, 0.3) is 5.91 Å². The monoisotopic (exact) mass is 510 g/mol. The standard InChI is InChI=1S/C26H33ClF2N2O4/c1-25(2,3)31-23(33)19-9-7-17(27)11-15(19)14-22(32)21(30-24(34)35-26(4,5)6)13-16-12-18(28)8-10-20(16)29/h7-12,21-22,32H,13-14H2,1-6H3,(H,30,34)(H,31,33)/t21-,22-/m1/s1. The summed E-state index contributed by atoms with van der Waals surface area (Å²) >= 11 is 6.15. The number of ether oxygens (including phenoxy) is 1. The molecule has 2 rings (SSSR count). The van der Waals surface area contributed by atoms with E-state index in [0.29, 0.717) is 16.1 Å². The molecule has 0 saturated heterocycles. The number of hydrogen-bond acceptors (Lipinski definition) is 4. The van der Waals surface area contributed by atoms with Crippen molar-refractivity contribution in [3.8, 4) is 0 Å². The summed E-state index contributed by atoms with van der Waals surface area (Å²) in [6, 6.07) is 6.58. The summed E-state index contributed by atoms with van der Waals surface area (Å²) in [6.07, 6.45) is -2.42. The summed E-state index contributed by atoms with van der Waals surface area (Å²) < 4.78 is 33.4. The van der Waals surface area contributed by atoms with Crippen LogP contribution in [0, 0.1) is 11.6 Å². The van der Waals surface area contributed by atoms with Crippen LogP contribution in [0.2, 0.25) is 5.02 Å². The second-order valence-corrected chi connectivity index (χ2v) is 10.9. The van der Waals surface area contributed by atoms with Gasteiger partial charge in [-0.15, -0.1) is 0 Å². The van der Waals surface area contributed by atoms with Crippen LogP contribution in [0.15, 0.2) is 36.4 Å². The molecule has 0 aliphatic carbocycles. The molecule has 2 atom stereocenters. The van der Waals surface area contributed by atoms with Crippen molar-refractivity contribution in [2.45, 2.75) is 77.7 Å². The summed E-state index contributed by atoms with van der Waals surface area (Å²) in [6.45, 7) is 10.5. The number of carbonyl (C=O) groups is 2. The molecule has 0 saturated carbocycles. The molecule has 0 aromatic heterocycles. The van der Waals surface area contributed by atoms with Crippen LogP contribution in [0.5, 0.6) is 0 Å². The van der Waals surface area contributed by atoms with Gasteiger partial charge in [0.1, 0.15) is 17.2 Å². The lowest BCUT2D eigenvalue weighted by Crippen LogP contribution is -2.48. The first-order valence-electron chi connectivity index (χ1n) is 11.3. The molecule has 2 aromatic rings. The summed E-state index contributed by atoms with van der Waals surface area (Å²) in [5.41, 5.74) is -0.599. The minimum absolute atomic E-state index is 0.0260. The number of benzene rings is 2. The third-order valence-electron chi connectivity index (χ3n) is 4.84. The van der Waals surface area contributed by atoms with Crippen LogP contribution < -0.4 is 10.6 Å². The zero-order chi connectivity index (χ0) is 26.6. The number of hydrogen-bond donors (Lipinski definition) is 3. The van der Waals surface area contributed by atoms with E-state index in [-0.39, 0.29) is 24.3 Å². The highest BCUT2D eigenvalue weighted by Crippen LogP contribution is 2.22. The maximum absolute atomic E-state index is 14.3. The highest BCUT2D eigenvalue weighted by Gasteiger charge is 2.28. The van der Waals surface area contributed by atoms with Crippen molar-refractivity contribution in [2.75, 3.05) is 0 Å². The average Bonchev–Trinajstić information content (AvgIpc) is 2.67. The summed E-state index contributed by atoms with van der Waals surface area (Å²) in [4.78, 5) is 25.3. The Morgan fingerprint density at radius 1 is 1.00 bits per heavy atom. The smallest absolute Gasteiger partial charge is 0.407 e. The first-order valence-corrected chi connectivity index (χ1v) is 11.6. The number of rotatable bonds is 7. The first-order chi connectivity index (χ1) is 16.0. The van der Waals surface area contributed by atoms with Crippen LogP contribution in [0.25, 0.3) is 0 Å². The number of halogens is 3. The van der Waals surface area contributed by atoms with E-state index in [0.717, 1.165) is 18.2 Å². The summed E-state index contributed by atoms with van der Waals surface area (Å²) in [5, 5.41) is 16.9. The molecule has 3 N–H and O–H groups in total. The predicted octanol–water partition coefficient (Wildman–Crippen LogP) is 5.19. The number of alkyl carbamates (subject to hydrolysis) is 1. The van der Waals surface area contributed by atoms with Gasteiger partial charge in [-0.2, -0.15) is 0 Å². The van der Waals surface area contributed by atoms with Crippen molar-refractivity contribution >= 4 is 23.6 Å². The second-order valence-electron chi connectivity index (χ2n) is 10.5. The zero-order valence-corrected chi connectivity index (χ0v) is 21.6. The van der Waals surface area contributed by atoms with Crippen molar-refractivity contribution < 1.29 is 28.2 Å². The number of amides is 2. The Hall–Kier alpha value is -2.71. The lowest BCUT2D eigenvalue weighted by molar-refractivity contribution is 0.0421. The SMILES string of the molecule is CC(C)(C)NC(=O)c1ccc(Cl)cc1C[C@@H](O)[C@@H](Cc1cc(F)ccc1F)NC(=O)OC(C)(C)C. The molecule has 9 heteroatoms. The van der Waals surface area contributed by atoms with E-state index in [9.17, 15) is 23.5 Å². The van der Waals surface area contributed by atoms with Gasteiger partial charge < -0.3 is 20.5 Å². The van der Waals surface area contributed by atoms with E-state index in [1.54, 1.807) is 39.0 Å². The van der Waals surface area contributed by atoms with Gasteiger partial charge in [0.05, 0.1) is 12.1 Å². The molecule has 0 heterocycles. The van der Waals surface area contributed by atoms with Gasteiger partial charge in [0.15, 0.2) is 0 Å². The average molecular weight is 511 g/mol. The highest BCUT2D eigenvalue weighted by atomic mass is 35.5. The number of nitrogens with one attached hydrogen (secondary N) is 2. The fourth-order valence-electron chi connectivity index (χ4n) is 3.41. The van der Waals surface area contributed by atoms with E-state index < -0.39 is 41.0 Å². The quantitative estimate of drug-likeness (QED) is 0.478. The van der Waals surface area contributed by atoms with Gasteiger partial charge in [-0.1, -0.05) is 11.6 Å². The van der Waals surface area contributed by atoms with E-state index in [1.165, 1.54) is 0 Å². The third-order valence-corrected chi connectivity index (χ3v) is 5.08. The van der Waals surface area contributed by atoms with Crippen LogP contribution >= 0.6 is 11.6 Å². The lowest BCUT2D eigenvalue weighted by Gasteiger charge is -2.28. The van der Waals surface area contributed by atoms with Crippen molar-refractivity contribution in [1.82, 2.24) is 10.6 Å². The van der Waals surface area contributed by atoms with Crippen LogP contribution in [0.3, 0.4) is 0 Å². The summed E-state index contributed by atoms with van der Waals surface area (Å²) in [7, 11) is 0. The molecule has 0 fully saturated rings. The van der Waals surface area contributed by atoms with Crippen LogP contribution in [0.1, 0.15) is 63.0 Å².